The number of hydrogen-bond acceptors (Lipinski definition) is 4. The lowest BCUT2D eigenvalue weighted by atomic mass is 10.1. The maximum atomic E-state index is 5.90. The molecule has 2 N–H and O–H groups in total. The average Bonchev–Trinajstić information content (AvgIpc) is 2.89. The van der Waals surface area contributed by atoms with Crippen molar-refractivity contribution >= 4 is 22.7 Å². The summed E-state index contributed by atoms with van der Waals surface area (Å²) in [4.78, 5) is 3.43. The van der Waals surface area contributed by atoms with Crippen LogP contribution in [-0.4, -0.2) is 27.3 Å². The highest BCUT2D eigenvalue weighted by Crippen LogP contribution is 2.34. The molecular weight excluding hydrogens is 244 g/mol. The van der Waals surface area contributed by atoms with E-state index in [0.717, 1.165) is 12.2 Å². The molecule has 0 aliphatic rings. The number of benzene rings is 1. The predicted molar refractivity (Wildman–Crippen MR) is 79.3 cm³/mol. The number of likely N-dealkylation sites (N-methyl/N-ethyl adjacent to an activating group) is 1. The zero-order chi connectivity index (χ0) is 13.0. The van der Waals surface area contributed by atoms with Crippen molar-refractivity contribution in [2.45, 2.75) is 0 Å². The van der Waals surface area contributed by atoms with Gasteiger partial charge in [0.2, 0.25) is 0 Å². The molecule has 18 heavy (non-hydrogen) atoms. The highest BCUT2D eigenvalue weighted by Gasteiger charge is 2.10. The molecule has 0 aliphatic heterocycles. The van der Waals surface area contributed by atoms with Crippen molar-refractivity contribution in [3.63, 3.8) is 0 Å². The van der Waals surface area contributed by atoms with E-state index in [-0.39, 0.29) is 0 Å². The quantitative estimate of drug-likeness (QED) is 0.842. The van der Waals surface area contributed by atoms with E-state index in [1.165, 1.54) is 16.1 Å². The largest absolute Gasteiger partial charge is 0.399 e. The van der Waals surface area contributed by atoms with Gasteiger partial charge in [-0.15, -0.1) is 11.3 Å². The van der Waals surface area contributed by atoms with Crippen LogP contribution in [0.1, 0.15) is 0 Å². The van der Waals surface area contributed by atoms with E-state index in [9.17, 15) is 0 Å². The summed E-state index contributed by atoms with van der Waals surface area (Å²) in [6.07, 6.45) is 0. The summed E-state index contributed by atoms with van der Waals surface area (Å²) in [5.74, 6) is 0. The normalized spacial score (nSPS) is 10.6. The molecule has 1 heterocycles. The fourth-order valence-corrected chi connectivity index (χ4v) is 2.62. The minimum atomic E-state index is 0.713. The zero-order valence-electron chi connectivity index (χ0n) is 10.7. The summed E-state index contributed by atoms with van der Waals surface area (Å²) < 4.78 is 5.12. The highest BCUT2D eigenvalue weighted by molar-refractivity contribution is 7.13. The average molecular weight is 262 g/mol. The second-order valence-electron chi connectivity index (χ2n) is 4.17. The van der Waals surface area contributed by atoms with E-state index in [0.29, 0.717) is 6.61 Å². The molecule has 2 rings (SSSR count). The highest BCUT2D eigenvalue weighted by atomic mass is 32.1. The standard InChI is InChI=1S/C14H18N2OS/c1-16(7-8-17-2)13-6-5-11(15)10-12(13)14-4-3-9-18-14/h3-6,9-10H,7-8,15H2,1-2H3. The van der Waals surface area contributed by atoms with E-state index in [2.05, 4.69) is 35.5 Å². The summed E-state index contributed by atoms with van der Waals surface area (Å²) in [7, 11) is 3.79. The number of rotatable bonds is 5. The maximum absolute atomic E-state index is 5.90. The van der Waals surface area contributed by atoms with Gasteiger partial charge in [0.05, 0.1) is 6.61 Å². The van der Waals surface area contributed by atoms with Gasteiger partial charge < -0.3 is 15.4 Å². The Kier molecular flexibility index (Phi) is 4.23. The van der Waals surface area contributed by atoms with Crippen LogP contribution in [0.3, 0.4) is 0 Å². The van der Waals surface area contributed by atoms with Crippen LogP contribution in [0.5, 0.6) is 0 Å². The Balaban J connectivity index is 2.35. The molecule has 0 saturated heterocycles. The van der Waals surface area contributed by atoms with Crippen molar-refractivity contribution in [3.05, 3.63) is 35.7 Å². The van der Waals surface area contributed by atoms with Crippen LogP contribution in [0.15, 0.2) is 35.7 Å². The van der Waals surface area contributed by atoms with Crippen molar-refractivity contribution in [2.24, 2.45) is 0 Å². The number of methoxy groups -OCH3 is 1. The summed E-state index contributed by atoms with van der Waals surface area (Å²) in [5.41, 5.74) is 9.06. The lowest BCUT2D eigenvalue weighted by Crippen LogP contribution is -2.22. The third-order valence-electron chi connectivity index (χ3n) is 2.85. The second kappa shape index (κ2) is 5.89. The molecule has 96 valence electrons. The monoisotopic (exact) mass is 262 g/mol. The first-order valence-corrected chi connectivity index (χ1v) is 6.74. The maximum Gasteiger partial charge on any atom is 0.0637 e. The topological polar surface area (TPSA) is 38.5 Å². The predicted octanol–water partition coefficient (Wildman–Crippen LogP) is 3.08. The Morgan fingerprint density at radius 2 is 2.17 bits per heavy atom. The van der Waals surface area contributed by atoms with Crippen molar-refractivity contribution in [2.75, 3.05) is 37.9 Å². The lowest BCUT2D eigenvalue weighted by molar-refractivity contribution is 0.206. The molecule has 1 aromatic heterocycles. The van der Waals surface area contributed by atoms with Gasteiger partial charge in [-0.2, -0.15) is 0 Å². The molecule has 0 atom stereocenters. The van der Waals surface area contributed by atoms with Crippen LogP contribution in [-0.2, 0) is 4.74 Å². The zero-order valence-corrected chi connectivity index (χ0v) is 11.5. The fraction of sp³-hybridized carbons (Fsp3) is 0.286. The smallest absolute Gasteiger partial charge is 0.0637 e. The van der Waals surface area contributed by atoms with Crippen LogP contribution < -0.4 is 10.6 Å². The van der Waals surface area contributed by atoms with Crippen LogP contribution in [0.4, 0.5) is 11.4 Å². The molecule has 1 aromatic carbocycles. The number of ether oxygens (including phenoxy) is 1. The lowest BCUT2D eigenvalue weighted by Gasteiger charge is -2.22. The van der Waals surface area contributed by atoms with Crippen LogP contribution in [0.25, 0.3) is 10.4 Å². The van der Waals surface area contributed by atoms with Crippen molar-refractivity contribution in [3.8, 4) is 10.4 Å². The van der Waals surface area contributed by atoms with E-state index < -0.39 is 0 Å². The molecule has 0 fully saturated rings. The van der Waals surface area contributed by atoms with Gasteiger partial charge in [-0.1, -0.05) is 6.07 Å². The molecule has 0 saturated carbocycles. The van der Waals surface area contributed by atoms with Crippen molar-refractivity contribution in [1.82, 2.24) is 0 Å². The minimum Gasteiger partial charge on any atom is -0.399 e. The van der Waals surface area contributed by atoms with Gasteiger partial charge >= 0.3 is 0 Å². The number of hydrogen-bond donors (Lipinski definition) is 1. The first-order chi connectivity index (χ1) is 8.72. The van der Waals surface area contributed by atoms with Crippen molar-refractivity contribution < 1.29 is 4.74 Å². The van der Waals surface area contributed by atoms with E-state index in [4.69, 9.17) is 10.5 Å². The van der Waals surface area contributed by atoms with Gasteiger partial charge in [0.1, 0.15) is 0 Å². The Morgan fingerprint density at radius 3 is 2.83 bits per heavy atom. The molecule has 2 aromatic rings. The minimum absolute atomic E-state index is 0.713. The van der Waals surface area contributed by atoms with Crippen molar-refractivity contribution in [1.29, 1.82) is 0 Å². The van der Waals surface area contributed by atoms with E-state index in [1.807, 2.05) is 12.1 Å². The van der Waals surface area contributed by atoms with Crippen LogP contribution in [0, 0.1) is 0 Å². The Labute approximate surface area is 112 Å². The van der Waals surface area contributed by atoms with Gasteiger partial charge in [0.25, 0.3) is 0 Å². The molecule has 0 amide bonds. The van der Waals surface area contributed by atoms with E-state index in [1.54, 1.807) is 18.4 Å². The summed E-state index contributed by atoms with van der Waals surface area (Å²) in [6, 6.07) is 10.2. The molecule has 0 spiro atoms. The summed E-state index contributed by atoms with van der Waals surface area (Å²) in [6.45, 7) is 1.57. The first-order valence-electron chi connectivity index (χ1n) is 5.86. The third kappa shape index (κ3) is 2.83. The molecule has 0 radical (unpaired) electrons. The number of nitrogens with two attached hydrogens (primary N) is 1. The molecule has 0 unspecified atom stereocenters. The Hall–Kier alpha value is -1.52. The SMILES string of the molecule is COCCN(C)c1ccc(N)cc1-c1cccs1. The van der Waals surface area contributed by atoms with Crippen LogP contribution in [0.2, 0.25) is 0 Å². The first kappa shape index (κ1) is 12.9. The van der Waals surface area contributed by atoms with Crippen LogP contribution >= 0.6 is 11.3 Å². The van der Waals surface area contributed by atoms with Gasteiger partial charge in [-0.05, 0) is 29.6 Å². The van der Waals surface area contributed by atoms with Gasteiger partial charge in [-0.3, -0.25) is 0 Å². The van der Waals surface area contributed by atoms with Gasteiger partial charge in [0, 0.05) is 42.5 Å². The Bertz CT molecular complexity index is 497. The third-order valence-corrected chi connectivity index (χ3v) is 3.75. The van der Waals surface area contributed by atoms with E-state index >= 15 is 0 Å². The Morgan fingerprint density at radius 1 is 1.33 bits per heavy atom. The number of thiophene rings is 1. The number of nitrogens with zero attached hydrogens (tertiary/aromatic N) is 1. The molecular formula is C14H18N2OS. The molecule has 3 nitrogen and oxygen atoms in total. The number of nitrogen functional groups attached to an aromatic ring is 1. The number of anilines is 2. The fourth-order valence-electron chi connectivity index (χ4n) is 1.86. The summed E-state index contributed by atoms with van der Waals surface area (Å²) in [5, 5.41) is 2.08. The molecule has 4 heteroatoms. The summed E-state index contributed by atoms with van der Waals surface area (Å²) >= 11 is 1.73. The second-order valence-corrected chi connectivity index (χ2v) is 5.12. The molecule has 0 aliphatic carbocycles. The van der Waals surface area contributed by atoms with Gasteiger partial charge in [0.15, 0.2) is 0 Å². The molecule has 0 bridgehead atoms. The van der Waals surface area contributed by atoms with Gasteiger partial charge in [-0.25, -0.2) is 0 Å².